The summed E-state index contributed by atoms with van der Waals surface area (Å²) in [6, 6.07) is 0. The molecule has 0 amide bonds. The molecule has 3 nitrogen and oxygen atoms in total. The molecule has 1 aromatic rings. The monoisotopic (exact) mass is 281 g/mol. The summed E-state index contributed by atoms with van der Waals surface area (Å²) in [5.74, 6) is 0.317. The third kappa shape index (κ3) is 2.86. The maximum absolute atomic E-state index is 10.6. The number of hydrogen-bond acceptors (Lipinski definition) is 4. The van der Waals surface area contributed by atoms with Gasteiger partial charge in [-0.2, -0.15) is 0 Å². The van der Waals surface area contributed by atoms with E-state index in [1.807, 2.05) is 12.3 Å². The number of aromatic nitrogens is 1. The van der Waals surface area contributed by atoms with E-state index < -0.39 is 6.10 Å². The highest BCUT2D eigenvalue weighted by atomic mass is 32.1. The first-order chi connectivity index (χ1) is 9.19. The van der Waals surface area contributed by atoms with Gasteiger partial charge < -0.3 is 9.84 Å². The molecular weight excluding hydrogens is 258 g/mol. The zero-order valence-corrected chi connectivity index (χ0v) is 12.4. The highest BCUT2D eigenvalue weighted by Gasteiger charge is 2.41. The molecule has 1 saturated carbocycles. The van der Waals surface area contributed by atoms with Gasteiger partial charge in [-0.15, -0.1) is 11.3 Å². The summed E-state index contributed by atoms with van der Waals surface area (Å²) in [6.07, 6.45) is 7.80. The molecule has 1 aromatic heterocycles. The van der Waals surface area contributed by atoms with Crippen molar-refractivity contribution in [1.29, 1.82) is 0 Å². The second kappa shape index (κ2) is 5.51. The van der Waals surface area contributed by atoms with Crippen LogP contribution in [0.5, 0.6) is 0 Å². The van der Waals surface area contributed by atoms with E-state index in [0.717, 1.165) is 30.2 Å². The molecule has 2 atom stereocenters. The first kappa shape index (κ1) is 13.5. The fourth-order valence-electron chi connectivity index (χ4n) is 3.59. The van der Waals surface area contributed by atoms with E-state index in [0.29, 0.717) is 5.92 Å². The smallest absolute Gasteiger partial charge is 0.122 e. The van der Waals surface area contributed by atoms with Crippen molar-refractivity contribution in [3.8, 4) is 0 Å². The molecule has 1 spiro atoms. The quantitative estimate of drug-likeness (QED) is 0.900. The molecule has 2 aliphatic rings. The van der Waals surface area contributed by atoms with Gasteiger partial charge in [0.15, 0.2) is 0 Å². The number of nitrogens with zero attached hydrogens (tertiary/aromatic N) is 1. The summed E-state index contributed by atoms with van der Waals surface area (Å²) in [4.78, 5) is 4.45. The predicted molar refractivity (Wildman–Crippen MR) is 76.3 cm³/mol. The molecule has 1 saturated heterocycles. The maximum Gasteiger partial charge on any atom is 0.122 e. The lowest BCUT2D eigenvalue weighted by Gasteiger charge is -2.44. The number of aryl methyl sites for hydroxylation is 1. The Hall–Kier alpha value is -0.450. The Morgan fingerprint density at radius 3 is 2.89 bits per heavy atom. The van der Waals surface area contributed by atoms with Gasteiger partial charge in [0.1, 0.15) is 11.1 Å². The van der Waals surface area contributed by atoms with Crippen molar-refractivity contribution in [3.05, 3.63) is 16.1 Å². The molecule has 1 aliphatic carbocycles. The van der Waals surface area contributed by atoms with Gasteiger partial charge in [0.2, 0.25) is 0 Å². The van der Waals surface area contributed by atoms with Gasteiger partial charge in [-0.05, 0) is 38.5 Å². The Balaban J connectivity index is 1.70. The van der Waals surface area contributed by atoms with E-state index in [-0.39, 0.29) is 5.60 Å². The third-order valence-electron chi connectivity index (χ3n) is 4.63. The van der Waals surface area contributed by atoms with Crippen LogP contribution in [-0.4, -0.2) is 22.3 Å². The molecule has 19 heavy (non-hydrogen) atoms. The Kier molecular flexibility index (Phi) is 3.92. The van der Waals surface area contributed by atoms with Gasteiger partial charge in [0, 0.05) is 17.7 Å². The van der Waals surface area contributed by atoms with Gasteiger partial charge in [0.05, 0.1) is 5.60 Å². The molecule has 0 bridgehead atoms. The second-order valence-electron chi connectivity index (χ2n) is 6.12. The first-order valence-corrected chi connectivity index (χ1v) is 8.31. The van der Waals surface area contributed by atoms with E-state index in [1.54, 1.807) is 11.3 Å². The number of ether oxygens (including phenoxy) is 1. The van der Waals surface area contributed by atoms with Crippen molar-refractivity contribution < 1.29 is 9.84 Å². The van der Waals surface area contributed by atoms with Crippen molar-refractivity contribution in [2.75, 3.05) is 6.61 Å². The van der Waals surface area contributed by atoms with Crippen LogP contribution >= 0.6 is 11.3 Å². The highest BCUT2D eigenvalue weighted by molar-refractivity contribution is 7.09. The van der Waals surface area contributed by atoms with Crippen LogP contribution in [0.25, 0.3) is 0 Å². The number of rotatable bonds is 2. The van der Waals surface area contributed by atoms with Crippen LogP contribution in [0.1, 0.15) is 61.8 Å². The fourth-order valence-corrected chi connectivity index (χ4v) is 4.46. The zero-order valence-electron chi connectivity index (χ0n) is 11.6. The van der Waals surface area contributed by atoms with Gasteiger partial charge in [-0.1, -0.05) is 19.3 Å². The van der Waals surface area contributed by atoms with Gasteiger partial charge in [0.25, 0.3) is 0 Å². The molecule has 0 radical (unpaired) electrons. The van der Waals surface area contributed by atoms with Crippen LogP contribution in [0.2, 0.25) is 0 Å². The molecule has 4 heteroatoms. The standard InChI is InChI=1S/C15H23NO2S/c1-11-10-19-14(16-11)13(17)12-5-8-18-15(9-12)6-3-2-4-7-15/h10,12-13,17H,2-9H2,1H3. The van der Waals surface area contributed by atoms with E-state index in [2.05, 4.69) is 4.98 Å². The van der Waals surface area contributed by atoms with E-state index in [9.17, 15) is 5.11 Å². The average molecular weight is 281 g/mol. The molecule has 1 N–H and O–H groups in total. The van der Waals surface area contributed by atoms with E-state index >= 15 is 0 Å². The SMILES string of the molecule is Cc1csc(C(O)C2CCOC3(CCCCC3)C2)n1. The van der Waals surface area contributed by atoms with Crippen LogP contribution in [0, 0.1) is 12.8 Å². The minimum absolute atomic E-state index is 0.0639. The van der Waals surface area contributed by atoms with Crippen LogP contribution in [0.3, 0.4) is 0 Å². The van der Waals surface area contributed by atoms with Crippen molar-refractivity contribution in [3.63, 3.8) is 0 Å². The summed E-state index contributed by atoms with van der Waals surface area (Å²) in [6.45, 7) is 2.78. The van der Waals surface area contributed by atoms with Crippen molar-refractivity contribution in [1.82, 2.24) is 4.98 Å². The minimum atomic E-state index is -0.401. The first-order valence-electron chi connectivity index (χ1n) is 7.43. The van der Waals surface area contributed by atoms with Crippen LogP contribution in [0.15, 0.2) is 5.38 Å². The maximum atomic E-state index is 10.6. The summed E-state index contributed by atoms with van der Waals surface area (Å²) in [5.41, 5.74) is 1.08. The van der Waals surface area contributed by atoms with E-state index in [1.165, 1.54) is 32.1 Å². The third-order valence-corrected chi connectivity index (χ3v) is 5.67. The second-order valence-corrected chi connectivity index (χ2v) is 7.01. The predicted octanol–water partition coefficient (Wildman–Crippen LogP) is 3.61. The lowest BCUT2D eigenvalue weighted by atomic mass is 9.74. The molecule has 0 aromatic carbocycles. The zero-order chi connectivity index (χ0) is 13.3. The number of hydrogen-bond donors (Lipinski definition) is 1. The lowest BCUT2D eigenvalue weighted by Crippen LogP contribution is -2.42. The Morgan fingerprint density at radius 1 is 1.42 bits per heavy atom. The Bertz CT molecular complexity index is 420. The highest BCUT2D eigenvalue weighted by Crippen LogP contribution is 2.44. The van der Waals surface area contributed by atoms with Crippen LogP contribution in [-0.2, 0) is 4.74 Å². The summed E-state index contributed by atoms with van der Waals surface area (Å²) in [7, 11) is 0. The van der Waals surface area contributed by atoms with Crippen molar-refractivity contribution in [2.45, 2.75) is 63.6 Å². The largest absolute Gasteiger partial charge is 0.386 e. The number of thiazole rings is 1. The molecule has 2 heterocycles. The normalized spacial score (nSPS) is 28.4. The molecule has 106 valence electrons. The Labute approximate surface area is 119 Å². The van der Waals surface area contributed by atoms with Gasteiger partial charge in [-0.3, -0.25) is 0 Å². The Morgan fingerprint density at radius 2 is 2.21 bits per heavy atom. The van der Waals surface area contributed by atoms with Crippen molar-refractivity contribution in [2.24, 2.45) is 5.92 Å². The van der Waals surface area contributed by atoms with Crippen LogP contribution < -0.4 is 0 Å². The topological polar surface area (TPSA) is 42.4 Å². The number of aliphatic hydroxyl groups is 1. The molecule has 3 rings (SSSR count). The molecular formula is C15H23NO2S. The van der Waals surface area contributed by atoms with Gasteiger partial charge in [-0.25, -0.2) is 4.98 Å². The van der Waals surface area contributed by atoms with Crippen LogP contribution in [0.4, 0.5) is 0 Å². The fraction of sp³-hybridized carbons (Fsp3) is 0.800. The minimum Gasteiger partial charge on any atom is -0.386 e. The summed E-state index contributed by atoms with van der Waals surface area (Å²) >= 11 is 1.58. The van der Waals surface area contributed by atoms with Crippen molar-refractivity contribution >= 4 is 11.3 Å². The van der Waals surface area contributed by atoms with Gasteiger partial charge >= 0.3 is 0 Å². The molecule has 2 fully saturated rings. The summed E-state index contributed by atoms with van der Waals surface area (Å²) < 4.78 is 6.10. The summed E-state index contributed by atoms with van der Waals surface area (Å²) in [5, 5.41) is 13.5. The molecule has 2 unspecified atom stereocenters. The lowest BCUT2D eigenvalue weighted by molar-refractivity contribution is -0.134. The van der Waals surface area contributed by atoms with E-state index in [4.69, 9.17) is 4.74 Å². The number of aliphatic hydroxyl groups excluding tert-OH is 1. The average Bonchev–Trinajstić information content (AvgIpc) is 2.85. The molecule has 1 aliphatic heterocycles.